The fraction of sp³-hybridized carbons (Fsp3) is 0.381. The molecule has 3 heteroatoms. The Morgan fingerprint density at radius 1 is 0.958 bits per heavy atom. The molecule has 1 saturated heterocycles. The van der Waals surface area contributed by atoms with Gasteiger partial charge in [-0.15, -0.1) is 0 Å². The fourth-order valence-corrected chi connectivity index (χ4v) is 3.55. The number of Topliss-reactive ketones (excluding diaryl/α,β-unsaturated/α-hetero) is 1. The Bertz CT molecular complexity index is 656. The molecule has 0 spiro atoms. The van der Waals surface area contributed by atoms with Gasteiger partial charge in [-0.05, 0) is 54.7 Å². The second-order valence-corrected chi connectivity index (χ2v) is 7.00. The van der Waals surface area contributed by atoms with Crippen LogP contribution >= 0.6 is 0 Å². The van der Waals surface area contributed by atoms with E-state index in [1.807, 2.05) is 54.6 Å². The maximum Gasteiger partial charge on any atom is 0.176 e. The van der Waals surface area contributed by atoms with Crippen molar-refractivity contribution in [2.45, 2.75) is 20.3 Å². The normalized spacial score (nSPS) is 21.4. The van der Waals surface area contributed by atoms with Crippen LogP contribution in [0.4, 0.5) is 0 Å². The van der Waals surface area contributed by atoms with Crippen LogP contribution in [-0.2, 0) is 0 Å². The zero-order valence-electron chi connectivity index (χ0n) is 14.4. The summed E-state index contributed by atoms with van der Waals surface area (Å²) in [6.07, 6.45) is 1.26. The average molecular weight is 323 g/mol. The van der Waals surface area contributed by atoms with Crippen molar-refractivity contribution in [3.05, 3.63) is 60.2 Å². The highest BCUT2D eigenvalue weighted by Gasteiger charge is 2.23. The van der Waals surface area contributed by atoms with Gasteiger partial charge in [-0.2, -0.15) is 0 Å². The van der Waals surface area contributed by atoms with E-state index in [9.17, 15) is 4.79 Å². The van der Waals surface area contributed by atoms with Crippen molar-refractivity contribution in [1.29, 1.82) is 0 Å². The zero-order valence-corrected chi connectivity index (χ0v) is 14.4. The molecule has 0 saturated carbocycles. The highest BCUT2D eigenvalue weighted by atomic mass is 16.5. The number of carbonyl (C=O) groups is 1. The van der Waals surface area contributed by atoms with Gasteiger partial charge in [0.05, 0.1) is 6.54 Å². The number of para-hydroxylation sites is 1. The van der Waals surface area contributed by atoms with E-state index in [4.69, 9.17) is 4.74 Å². The van der Waals surface area contributed by atoms with Gasteiger partial charge >= 0.3 is 0 Å². The molecule has 2 atom stereocenters. The molecule has 0 aromatic heterocycles. The molecule has 2 unspecified atom stereocenters. The van der Waals surface area contributed by atoms with Gasteiger partial charge in [0, 0.05) is 18.7 Å². The van der Waals surface area contributed by atoms with E-state index in [-0.39, 0.29) is 5.78 Å². The third-order valence-electron chi connectivity index (χ3n) is 4.47. The maximum absolute atomic E-state index is 12.5. The molecule has 0 radical (unpaired) electrons. The second-order valence-electron chi connectivity index (χ2n) is 7.00. The molecular weight excluding hydrogens is 298 g/mol. The Hall–Kier alpha value is -2.13. The molecule has 24 heavy (non-hydrogen) atoms. The monoisotopic (exact) mass is 323 g/mol. The number of benzene rings is 2. The van der Waals surface area contributed by atoms with Crippen LogP contribution < -0.4 is 4.74 Å². The summed E-state index contributed by atoms with van der Waals surface area (Å²) in [5.41, 5.74) is 0.751. The summed E-state index contributed by atoms with van der Waals surface area (Å²) in [6.45, 7) is 7.08. The first-order valence-electron chi connectivity index (χ1n) is 8.68. The summed E-state index contributed by atoms with van der Waals surface area (Å²) in [4.78, 5) is 14.8. The summed E-state index contributed by atoms with van der Waals surface area (Å²) in [6, 6.07) is 17.1. The lowest BCUT2D eigenvalue weighted by Gasteiger charge is -2.34. The third kappa shape index (κ3) is 4.45. The van der Waals surface area contributed by atoms with E-state index in [0.717, 1.165) is 30.2 Å². The number of likely N-dealkylation sites (tertiary alicyclic amines) is 1. The summed E-state index contributed by atoms with van der Waals surface area (Å²) in [5, 5.41) is 0. The van der Waals surface area contributed by atoms with Crippen molar-refractivity contribution in [2.75, 3.05) is 19.6 Å². The Labute approximate surface area is 144 Å². The van der Waals surface area contributed by atoms with E-state index in [1.54, 1.807) is 0 Å². The van der Waals surface area contributed by atoms with Gasteiger partial charge < -0.3 is 4.74 Å². The first kappa shape index (κ1) is 16.7. The number of ether oxygens (including phenoxy) is 1. The number of hydrogen-bond donors (Lipinski definition) is 0. The predicted molar refractivity (Wildman–Crippen MR) is 96.7 cm³/mol. The van der Waals surface area contributed by atoms with Crippen molar-refractivity contribution in [2.24, 2.45) is 11.8 Å². The molecule has 0 bridgehead atoms. The maximum atomic E-state index is 12.5. The fourth-order valence-electron chi connectivity index (χ4n) is 3.55. The number of piperidine rings is 1. The van der Waals surface area contributed by atoms with Crippen molar-refractivity contribution in [1.82, 2.24) is 4.90 Å². The van der Waals surface area contributed by atoms with Crippen molar-refractivity contribution < 1.29 is 9.53 Å². The van der Waals surface area contributed by atoms with Crippen molar-refractivity contribution in [3.63, 3.8) is 0 Å². The second kappa shape index (κ2) is 7.63. The minimum Gasteiger partial charge on any atom is -0.457 e. The SMILES string of the molecule is CC1CC(C)CN(CC(=O)c2ccc(Oc3ccccc3)cc2)C1. The summed E-state index contributed by atoms with van der Waals surface area (Å²) < 4.78 is 5.77. The largest absolute Gasteiger partial charge is 0.457 e. The van der Waals surface area contributed by atoms with Gasteiger partial charge in [-0.1, -0.05) is 32.0 Å². The Morgan fingerprint density at radius 3 is 2.17 bits per heavy atom. The van der Waals surface area contributed by atoms with Gasteiger partial charge in [-0.25, -0.2) is 0 Å². The first-order chi connectivity index (χ1) is 11.6. The molecule has 1 fully saturated rings. The number of carbonyl (C=O) groups excluding carboxylic acids is 1. The molecule has 3 rings (SSSR count). The van der Waals surface area contributed by atoms with Crippen molar-refractivity contribution >= 4 is 5.78 Å². The van der Waals surface area contributed by atoms with Gasteiger partial charge in [0.1, 0.15) is 11.5 Å². The van der Waals surface area contributed by atoms with Gasteiger partial charge in [-0.3, -0.25) is 9.69 Å². The van der Waals surface area contributed by atoms with Gasteiger partial charge in [0.25, 0.3) is 0 Å². The Kier molecular flexibility index (Phi) is 5.31. The molecule has 1 aliphatic heterocycles. The minimum atomic E-state index is 0.183. The number of rotatable bonds is 5. The van der Waals surface area contributed by atoms with E-state index in [1.165, 1.54) is 6.42 Å². The molecular formula is C21H25NO2. The molecule has 0 amide bonds. The molecule has 1 heterocycles. The van der Waals surface area contributed by atoms with E-state index < -0.39 is 0 Å². The topological polar surface area (TPSA) is 29.5 Å². The molecule has 3 nitrogen and oxygen atoms in total. The van der Waals surface area contributed by atoms with Crippen LogP contribution in [0.25, 0.3) is 0 Å². The average Bonchev–Trinajstić information content (AvgIpc) is 2.55. The molecule has 1 aliphatic rings. The number of hydrogen-bond acceptors (Lipinski definition) is 3. The van der Waals surface area contributed by atoms with E-state index in [2.05, 4.69) is 18.7 Å². The standard InChI is InChI=1S/C21H25NO2/c1-16-12-17(2)14-22(13-16)15-21(23)18-8-10-20(11-9-18)24-19-6-4-3-5-7-19/h3-11,16-17H,12-15H2,1-2H3. The van der Waals surface area contributed by atoms with E-state index in [0.29, 0.717) is 18.4 Å². The Balaban J connectivity index is 1.59. The van der Waals surface area contributed by atoms with Crippen LogP contribution in [0.1, 0.15) is 30.6 Å². The quantitative estimate of drug-likeness (QED) is 0.751. The van der Waals surface area contributed by atoms with Gasteiger partial charge in [0.15, 0.2) is 5.78 Å². The van der Waals surface area contributed by atoms with E-state index >= 15 is 0 Å². The molecule has 2 aromatic rings. The molecule has 126 valence electrons. The molecule has 2 aromatic carbocycles. The summed E-state index contributed by atoms with van der Waals surface area (Å²) in [5.74, 6) is 3.07. The molecule has 0 aliphatic carbocycles. The lowest BCUT2D eigenvalue weighted by Crippen LogP contribution is -2.41. The highest BCUT2D eigenvalue weighted by molar-refractivity contribution is 5.97. The van der Waals surface area contributed by atoms with Crippen LogP contribution in [0, 0.1) is 11.8 Å². The van der Waals surface area contributed by atoms with Crippen LogP contribution in [0.15, 0.2) is 54.6 Å². The lowest BCUT2D eigenvalue weighted by molar-refractivity contribution is 0.0849. The summed E-state index contributed by atoms with van der Waals surface area (Å²) in [7, 11) is 0. The van der Waals surface area contributed by atoms with Crippen LogP contribution in [-0.4, -0.2) is 30.3 Å². The predicted octanol–water partition coefficient (Wildman–Crippen LogP) is 4.64. The molecule has 0 N–H and O–H groups in total. The van der Waals surface area contributed by atoms with Crippen LogP contribution in [0.3, 0.4) is 0 Å². The van der Waals surface area contributed by atoms with Crippen LogP contribution in [0.5, 0.6) is 11.5 Å². The van der Waals surface area contributed by atoms with Crippen LogP contribution in [0.2, 0.25) is 0 Å². The first-order valence-corrected chi connectivity index (χ1v) is 8.68. The van der Waals surface area contributed by atoms with Gasteiger partial charge in [0.2, 0.25) is 0 Å². The lowest BCUT2D eigenvalue weighted by atomic mass is 9.91. The summed E-state index contributed by atoms with van der Waals surface area (Å²) >= 11 is 0. The highest BCUT2D eigenvalue weighted by Crippen LogP contribution is 2.23. The third-order valence-corrected chi connectivity index (χ3v) is 4.47. The number of nitrogens with zero attached hydrogens (tertiary/aromatic N) is 1. The van der Waals surface area contributed by atoms with Crippen molar-refractivity contribution in [3.8, 4) is 11.5 Å². The minimum absolute atomic E-state index is 0.183. The zero-order chi connectivity index (χ0) is 16.9. The Morgan fingerprint density at radius 2 is 1.54 bits per heavy atom. The number of ketones is 1. The smallest absolute Gasteiger partial charge is 0.176 e.